The largest absolute Gasteiger partial charge is 0.327 e. The fraction of sp³-hybridized carbons (Fsp3) is 0.474. The van der Waals surface area contributed by atoms with Crippen molar-refractivity contribution >= 4 is 0 Å². The Balaban J connectivity index is 1.46. The number of nitrogens with two attached hydrogens (primary N) is 1. The summed E-state index contributed by atoms with van der Waals surface area (Å²) in [6.07, 6.45) is 4.38. The van der Waals surface area contributed by atoms with Crippen LogP contribution in [0.25, 0.3) is 0 Å². The topological polar surface area (TPSA) is 55.0 Å². The van der Waals surface area contributed by atoms with E-state index in [-0.39, 0.29) is 17.8 Å². The van der Waals surface area contributed by atoms with Crippen molar-refractivity contribution in [2.24, 2.45) is 5.73 Å². The second kappa shape index (κ2) is 6.42. The Morgan fingerprint density at radius 1 is 1.20 bits per heavy atom. The van der Waals surface area contributed by atoms with Gasteiger partial charge in [-0.3, -0.25) is 4.90 Å². The van der Waals surface area contributed by atoms with E-state index in [1.165, 1.54) is 17.7 Å². The summed E-state index contributed by atoms with van der Waals surface area (Å²) in [5, 5.41) is 0. The van der Waals surface area contributed by atoms with E-state index >= 15 is 0 Å². The lowest BCUT2D eigenvalue weighted by Crippen LogP contribution is -2.44. The van der Waals surface area contributed by atoms with Gasteiger partial charge in [0.15, 0.2) is 0 Å². The van der Waals surface area contributed by atoms with Crippen LogP contribution in [0.3, 0.4) is 0 Å². The lowest BCUT2D eigenvalue weighted by molar-refractivity contribution is 0.137. The van der Waals surface area contributed by atoms with Crippen LogP contribution in [0.2, 0.25) is 0 Å². The van der Waals surface area contributed by atoms with Crippen molar-refractivity contribution in [3.8, 4) is 0 Å². The van der Waals surface area contributed by atoms with Gasteiger partial charge in [-0.1, -0.05) is 0 Å². The van der Waals surface area contributed by atoms with Crippen LogP contribution in [0.4, 0.5) is 8.78 Å². The van der Waals surface area contributed by atoms with E-state index in [1.807, 2.05) is 13.1 Å². The molecule has 4 rings (SSSR count). The molecule has 1 aromatic heterocycles. The van der Waals surface area contributed by atoms with Gasteiger partial charge < -0.3 is 5.73 Å². The van der Waals surface area contributed by atoms with Crippen molar-refractivity contribution in [3.63, 3.8) is 0 Å². The normalized spacial score (nSPS) is 26.6. The Morgan fingerprint density at radius 3 is 2.84 bits per heavy atom. The molecule has 2 aromatic rings. The van der Waals surface area contributed by atoms with Gasteiger partial charge in [-0.2, -0.15) is 0 Å². The van der Waals surface area contributed by atoms with Crippen molar-refractivity contribution in [2.75, 3.05) is 0 Å². The third-order valence-electron chi connectivity index (χ3n) is 5.55. The fourth-order valence-electron chi connectivity index (χ4n) is 4.23. The van der Waals surface area contributed by atoms with Gasteiger partial charge in [0.05, 0.1) is 5.69 Å². The molecular weight excluding hydrogens is 322 g/mol. The van der Waals surface area contributed by atoms with Gasteiger partial charge in [-0.15, -0.1) is 0 Å². The van der Waals surface area contributed by atoms with E-state index in [9.17, 15) is 8.78 Å². The molecule has 0 unspecified atom stereocenters. The Morgan fingerprint density at radius 2 is 2.04 bits per heavy atom. The maximum Gasteiger partial charge on any atom is 0.126 e. The molecule has 2 aliphatic rings. The van der Waals surface area contributed by atoms with E-state index in [4.69, 9.17) is 5.73 Å². The number of hydrogen-bond acceptors (Lipinski definition) is 4. The van der Waals surface area contributed by atoms with Gasteiger partial charge in [-0.05, 0) is 49.9 Å². The molecule has 2 heterocycles. The van der Waals surface area contributed by atoms with Gasteiger partial charge in [-0.25, -0.2) is 18.7 Å². The molecule has 1 aliphatic heterocycles. The number of hydrogen-bond donors (Lipinski definition) is 1. The average molecular weight is 344 g/mol. The summed E-state index contributed by atoms with van der Waals surface area (Å²) in [6, 6.07) is 3.82. The van der Waals surface area contributed by atoms with Crippen LogP contribution in [0.5, 0.6) is 0 Å². The zero-order chi connectivity index (χ0) is 17.6. The summed E-state index contributed by atoms with van der Waals surface area (Å²) in [5.41, 5.74) is 9.06. The van der Waals surface area contributed by atoms with Crippen LogP contribution in [0.1, 0.15) is 47.8 Å². The van der Waals surface area contributed by atoms with Gasteiger partial charge in [0.2, 0.25) is 0 Å². The number of rotatable bonds is 2. The molecule has 6 heteroatoms. The van der Waals surface area contributed by atoms with E-state index in [1.54, 1.807) is 0 Å². The molecule has 1 saturated carbocycles. The Bertz CT molecular complexity index is 795. The number of aromatic nitrogens is 2. The van der Waals surface area contributed by atoms with Gasteiger partial charge in [0, 0.05) is 42.9 Å². The molecule has 132 valence electrons. The molecular formula is C19H22F2N4. The zero-order valence-electron chi connectivity index (χ0n) is 14.3. The van der Waals surface area contributed by atoms with E-state index in [0.717, 1.165) is 49.9 Å². The standard InChI is InChI=1S/C19H22F2N4/c1-11-23-8-12-9-25(10-19(12)24-11)14-3-4-15(18(22)7-14)16-6-13(20)2-5-17(16)21/h2,5-6,8,14-15,18H,3-4,7,9-10,22H2,1H3/t14-,15+,18-/m0/s1. The van der Waals surface area contributed by atoms with Crippen molar-refractivity contribution in [1.82, 2.24) is 14.9 Å². The molecule has 0 saturated heterocycles. The van der Waals surface area contributed by atoms with Gasteiger partial charge in [0.25, 0.3) is 0 Å². The first-order valence-electron chi connectivity index (χ1n) is 8.77. The lowest BCUT2D eigenvalue weighted by atomic mass is 9.77. The quantitative estimate of drug-likeness (QED) is 0.910. The van der Waals surface area contributed by atoms with Crippen LogP contribution >= 0.6 is 0 Å². The molecule has 2 N–H and O–H groups in total. The highest BCUT2D eigenvalue weighted by atomic mass is 19.1. The average Bonchev–Trinajstić information content (AvgIpc) is 3.00. The minimum atomic E-state index is -0.408. The SMILES string of the molecule is Cc1ncc2c(n1)CN([C@H]1CC[C@H](c3cc(F)ccc3F)[C@@H](N)C1)C2. The number of fused-ring (bicyclic) bond motifs is 1. The molecule has 1 fully saturated rings. The Kier molecular flexibility index (Phi) is 4.25. The van der Waals surface area contributed by atoms with Crippen molar-refractivity contribution in [1.29, 1.82) is 0 Å². The van der Waals surface area contributed by atoms with Crippen LogP contribution in [0.15, 0.2) is 24.4 Å². The monoisotopic (exact) mass is 344 g/mol. The highest BCUT2D eigenvalue weighted by Crippen LogP contribution is 2.37. The maximum absolute atomic E-state index is 14.1. The van der Waals surface area contributed by atoms with Crippen LogP contribution < -0.4 is 5.73 Å². The second-order valence-electron chi connectivity index (χ2n) is 7.20. The van der Waals surface area contributed by atoms with Gasteiger partial charge in [0.1, 0.15) is 17.5 Å². The predicted molar refractivity (Wildman–Crippen MR) is 90.7 cm³/mol. The highest BCUT2D eigenvalue weighted by molar-refractivity contribution is 5.26. The molecule has 1 aliphatic carbocycles. The summed E-state index contributed by atoms with van der Waals surface area (Å²) < 4.78 is 27.6. The third-order valence-corrected chi connectivity index (χ3v) is 5.55. The van der Waals surface area contributed by atoms with E-state index < -0.39 is 5.82 Å². The first-order valence-corrected chi connectivity index (χ1v) is 8.77. The van der Waals surface area contributed by atoms with Crippen LogP contribution in [-0.2, 0) is 13.1 Å². The zero-order valence-corrected chi connectivity index (χ0v) is 14.3. The third kappa shape index (κ3) is 3.16. The molecule has 0 radical (unpaired) electrons. The van der Waals surface area contributed by atoms with Crippen LogP contribution in [0, 0.1) is 18.6 Å². The van der Waals surface area contributed by atoms with Crippen LogP contribution in [-0.4, -0.2) is 27.0 Å². The highest BCUT2D eigenvalue weighted by Gasteiger charge is 2.35. The summed E-state index contributed by atoms with van der Waals surface area (Å²) >= 11 is 0. The minimum absolute atomic E-state index is 0.126. The summed E-state index contributed by atoms with van der Waals surface area (Å²) in [7, 11) is 0. The van der Waals surface area contributed by atoms with E-state index in [0.29, 0.717) is 11.6 Å². The number of halogens is 2. The minimum Gasteiger partial charge on any atom is -0.327 e. The summed E-state index contributed by atoms with van der Waals surface area (Å²) in [5.74, 6) is -0.101. The van der Waals surface area contributed by atoms with Crippen molar-refractivity contribution in [2.45, 2.75) is 57.3 Å². The summed E-state index contributed by atoms with van der Waals surface area (Å²) in [4.78, 5) is 11.2. The molecule has 1 aromatic carbocycles. The molecule has 0 spiro atoms. The molecule has 3 atom stereocenters. The molecule has 0 bridgehead atoms. The number of benzene rings is 1. The fourth-order valence-corrected chi connectivity index (χ4v) is 4.23. The van der Waals surface area contributed by atoms with Crippen molar-refractivity contribution < 1.29 is 8.78 Å². The van der Waals surface area contributed by atoms with Crippen molar-refractivity contribution in [3.05, 3.63) is 58.7 Å². The molecule has 25 heavy (non-hydrogen) atoms. The molecule has 4 nitrogen and oxygen atoms in total. The number of nitrogens with zero attached hydrogens (tertiary/aromatic N) is 3. The Labute approximate surface area is 146 Å². The number of aryl methyl sites for hydroxylation is 1. The van der Waals surface area contributed by atoms with E-state index in [2.05, 4.69) is 14.9 Å². The second-order valence-corrected chi connectivity index (χ2v) is 7.20. The first-order chi connectivity index (χ1) is 12.0. The summed E-state index contributed by atoms with van der Waals surface area (Å²) in [6.45, 7) is 3.55. The first kappa shape index (κ1) is 16.5. The predicted octanol–water partition coefficient (Wildman–Crippen LogP) is 3.04. The lowest BCUT2D eigenvalue weighted by Gasteiger charge is -2.38. The Hall–Kier alpha value is -1.92. The maximum atomic E-state index is 14.1. The smallest absolute Gasteiger partial charge is 0.126 e. The molecule has 0 amide bonds. The van der Waals surface area contributed by atoms with Gasteiger partial charge >= 0.3 is 0 Å².